The maximum absolute atomic E-state index is 3.54. The van der Waals surface area contributed by atoms with Gasteiger partial charge in [0.15, 0.2) is 0 Å². The predicted octanol–water partition coefficient (Wildman–Crippen LogP) is 3.94. The van der Waals surface area contributed by atoms with Gasteiger partial charge in [0.25, 0.3) is 0 Å². The average molecular weight is 319 g/mol. The SMILES string of the molecule is BrCc1cc(Br)ccc1N1CCCC1. The summed E-state index contributed by atoms with van der Waals surface area (Å²) in [5.74, 6) is 0. The van der Waals surface area contributed by atoms with Crippen LogP contribution >= 0.6 is 31.9 Å². The molecular formula is C11H13Br2N. The molecule has 3 heteroatoms. The fourth-order valence-corrected chi connectivity index (χ4v) is 2.79. The van der Waals surface area contributed by atoms with Gasteiger partial charge in [0, 0.05) is 28.6 Å². The molecule has 0 unspecified atom stereocenters. The number of anilines is 1. The molecular weight excluding hydrogens is 306 g/mol. The third-order valence-corrected chi connectivity index (χ3v) is 3.73. The van der Waals surface area contributed by atoms with Crippen molar-refractivity contribution in [2.24, 2.45) is 0 Å². The molecule has 1 aromatic rings. The van der Waals surface area contributed by atoms with Gasteiger partial charge in [-0.05, 0) is 36.6 Å². The fraction of sp³-hybridized carbons (Fsp3) is 0.455. The van der Waals surface area contributed by atoms with E-state index in [-0.39, 0.29) is 0 Å². The van der Waals surface area contributed by atoms with Crippen molar-refractivity contribution in [3.63, 3.8) is 0 Å². The third kappa shape index (κ3) is 2.14. The van der Waals surface area contributed by atoms with Crippen molar-refractivity contribution in [2.75, 3.05) is 18.0 Å². The summed E-state index contributed by atoms with van der Waals surface area (Å²) in [6, 6.07) is 6.54. The molecule has 0 aromatic heterocycles. The zero-order chi connectivity index (χ0) is 9.97. The highest BCUT2D eigenvalue weighted by atomic mass is 79.9. The molecule has 0 atom stereocenters. The molecule has 0 amide bonds. The highest BCUT2D eigenvalue weighted by Gasteiger charge is 2.14. The van der Waals surface area contributed by atoms with Gasteiger partial charge >= 0.3 is 0 Å². The average Bonchev–Trinajstić information content (AvgIpc) is 2.70. The molecule has 0 aliphatic carbocycles. The second kappa shape index (κ2) is 4.67. The Balaban J connectivity index is 2.31. The van der Waals surface area contributed by atoms with E-state index in [2.05, 4.69) is 55.0 Å². The van der Waals surface area contributed by atoms with Gasteiger partial charge in [0.1, 0.15) is 0 Å². The second-order valence-corrected chi connectivity index (χ2v) is 5.08. The maximum Gasteiger partial charge on any atom is 0.0408 e. The summed E-state index contributed by atoms with van der Waals surface area (Å²) in [5, 5.41) is 0.929. The number of hydrogen-bond donors (Lipinski definition) is 0. The van der Waals surface area contributed by atoms with Crippen LogP contribution in [-0.4, -0.2) is 13.1 Å². The van der Waals surface area contributed by atoms with Gasteiger partial charge in [-0.25, -0.2) is 0 Å². The van der Waals surface area contributed by atoms with Gasteiger partial charge < -0.3 is 4.90 Å². The summed E-state index contributed by atoms with van der Waals surface area (Å²) in [4.78, 5) is 2.48. The van der Waals surface area contributed by atoms with Crippen molar-refractivity contribution >= 4 is 37.5 Å². The largest absolute Gasteiger partial charge is 0.371 e. The first-order valence-electron chi connectivity index (χ1n) is 4.90. The lowest BCUT2D eigenvalue weighted by Gasteiger charge is -2.20. The first kappa shape index (κ1) is 10.5. The lowest BCUT2D eigenvalue weighted by Crippen LogP contribution is -2.18. The zero-order valence-corrected chi connectivity index (χ0v) is 11.1. The Bertz CT molecular complexity index is 319. The highest BCUT2D eigenvalue weighted by Crippen LogP contribution is 2.28. The number of nitrogens with zero attached hydrogens (tertiary/aromatic N) is 1. The summed E-state index contributed by atoms with van der Waals surface area (Å²) in [5.41, 5.74) is 2.77. The molecule has 1 aromatic carbocycles. The third-order valence-electron chi connectivity index (χ3n) is 2.63. The van der Waals surface area contributed by atoms with E-state index in [1.807, 2.05) is 0 Å². The number of rotatable bonds is 2. The van der Waals surface area contributed by atoms with Gasteiger partial charge in [0.2, 0.25) is 0 Å². The van der Waals surface area contributed by atoms with E-state index in [0.29, 0.717) is 0 Å². The normalized spacial score (nSPS) is 16.3. The Morgan fingerprint density at radius 3 is 2.57 bits per heavy atom. The Hall–Kier alpha value is -0.0200. The lowest BCUT2D eigenvalue weighted by molar-refractivity contribution is 0.949. The quantitative estimate of drug-likeness (QED) is 0.746. The van der Waals surface area contributed by atoms with Crippen LogP contribution in [0.4, 0.5) is 5.69 Å². The van der Waals surface area contributed by atoms with E-state index < -0.39 is 0 Å². The molecule has 2 rings (SSSR count). The van der Waals surface area contributed by atoms with E-state index in [1.54, 1.807) is 0 Å². The molecule has 1 aliphatic rings. The highest BCUT2D eigenvalue weighted by molar-refractivity contribution is 9.10. The minimum Gasteiger partial charge on any atom is -0.371 e. The molecule has 0 radical (unpaired) electrons. The van der Waals surface area contributed by atoms with E-state index in [4.69, 9.17) is 0 Å². The molecule has 1 nitrogen and oxygen atoms in total. The number of hydrogen-bond acceptors (Lipinski definition) is 1. The monoisotopic (exact) mass is 317 g/mol. The summed E-state index contributed by atoms with van der Waals surface area (Å²) in [6.07, 6.45) is 2.66. The summed E-state index contributed by atoms with van der Waals surface area (Å²) in [7, 11) is 0. The molecule has 14 heavy (non-hydrogen) atoms. The maximum atomic E-state index is 3.54. The van der Waals surface area contributed by atoms with Crippen LogP contribution in [0.1, 0.15) is 18.4 Å². The van der Waals surface area contributed by atoms with Crippen molar-refractivity contribution in [3.8, 4) is 0 Å². The standard InChI is InChI=1S/C11H13Br2N/c12-8-9-7-10(13)3-4-11(9)14-5-1-2-6-14/h3-4,7H,1-2,5-6,8H2. The molecule has 1 saturated heterocycles. The van der Waals surface area contributed by atoms with E-state index in [1.165, 1.54) is 37.2 Å². The molecule has 0 bridgehead atoms. The van der Waals surface area contributed by atoms with Crippen LogP contribution < -0.4 is 4.90 Å². The molecule has 0 N–H and O–H groups in total. The minimum atomic E-state index is 0.929. The van der Waals surface area contributed by atoms with E-state index >= 15 is 0 Å². The molecule has 1 heterocycles. The molecule has 76 valence electrons. The van der Waals surface area contributed by atoms with Gasteiger partial charge in [0.05, 0.1) is 0 Å². The first-order chi connectivity index (χ1) is 6.81. The van der Waals surface area contributed by atoms with Crippen LogP contribution in [0.5, 0.6) is 0 Å². The molecule has 1 fully saturated rings. The van der Waals surface area contributed by atoms with Crippen molar-refractivity contribution in [3.05, 3.63) is 28.2 Å². The summed E-state index contributed by atoms with van der Waals surface area (Å²) < 4.78 is 1.16. The second-order valence-electron chi connectivity index (χ2n) is 3.60. The topological polar surface area (TPSA) is 3.24 Å². The van der Waals surface area contributed by atoms with Gasteiger partial charge in [-0.3, -0.25) is 0 Å². The zero-order valence-electron chi connectivity index (χ0n) is 7.97. The Morgan fingerprint density at radius 1 is 1.21 bits per heavy atom. The van der Waals surface area contributed by atoms with Gasteiger partial charge in [-0.2, -0.15) is 0 Å². The van der Waals surface area contributed by atoms with Crippen LogP contribution in [0.15, 0.2) is 22.7 Å². The van der Waals surface area contributed by atoms with Crippen LogP contribution in [0.3, 0.4) is 0 Å². The molecule has 0 saturated carbocycles. The van der Waals surface area contributed by atoms with Gasteiger partial charge in [-0.1, -0.05) is 31.9 Å². The minimum absolute atomic E-state index is 0.929. The van der Waals surface area contributed by atoms with E-state index in [9.17, 15) is 0 Å². The number of benzene rings is 1. The van der Waals surface area contributed by atoms with Crippen molar-refractivity contribution < 1.29 is 0 Å². The van der Waals surface area contributed by atoms with Crippen LogP contribution in [0.25, 0.3) is 0 Å². The van der Waals surface area contributed by atoms with Crippen LogP contribution in [-0.2, 0) is 5.33 Å². The Labute approximate surface area is 102 Å². The number of alkyl halides is 1. The molecule has 1 aliphatic heterocycles. The molecule has 0 spiro atoms. The Kier molecular flexibility index (Phi) is 3.50. The first-order valence-corrected chi connectivity index (χ1v) is 6.82. The fourth-order valence-electron chi connectivity index (χ4n) is 1.93. The summed E-state index contributed by atoms with van der Waals surface area (Å²) in [6.45, 7) is 2.42. The Morgan fingerprint density at radius 2 is 1.93 bits per heavy atom. The van der Waals surface area contributed by atoms with Gasteiger partial charge in [-0.15, -0.1) is 0 Å². The van der Waals surface area contributed by atoms with Crippen LogP contribution in [0.2, 0.25) is 0 Å². The van der Waals surface area contributed by atoms with Crippen molar-refractivity contribution in [1.82, 2.24) is 0 Å². The number of halogens is 2. The predicted molar refractivity (Wildman–Crippen MR) is 68.2 cm³/mol. The van der Waals surface area contributed by atoms with Crippen molar-refractivity contribution in [1.29, 1.82) is 0 Å². The summed E-state index contributed by atoms with van der Waals surface area (Å²) >= 11 is 7.05. The lowest BCUT2D eigenvalue weighted by atomic mass is 10.2. The van der Waals surface area contributed by atoms with E-state index in [0.717, 1.165) is 9.80 Å². The smallest absolute Gasteiger partial charge is 0.0408 e. The van der Waals surface area contributed by atoms with Crippen LogP contribution in [0, 0.1) is 0 Å². The van der Waals surface area contributed by atoms with Crippen molar-refractivity contribution in [2.45, 2.75) is 18.2 Å².